The Morgan fingerprint density at radius 1 is 1.44 bits per heavy atom. The molecule has 0 amide bonds. The Balaban J connectivity index is 2.05. The van der Waals surface area contributed by atoms with Crippen molar-refractivity contribution in [1.82, 2.24) is 0 Å². The van der Waals surface area contributed by atoms with Crippen molar-refractivity contribution >= 4 is 11.4 Å². The van der Waals surface area contributed by atoms with E-state index in [0.29, 0.717) is 11.6 Å². The van der Waals surface area contributed by atoms with Crippen LogP contribution in [0, 0.1) is 17.0 Å². The molecular weight excluding hydrogens is 230 g/mol. The van der Waals surface area contributed by atoms with Crippen LogP contribution in [-0.4, -0.2) is 17.0 Å². The zero-order valence-corrected chi connectivity index (χ0v) is 10.6. The van der Waals surface area contributed by atoms with E-state index in [-0.39, 0.29) is 16.7 Å². The van der Waals surface area contributed by atoms with Crippen LogP contribution in [0.4, 0.5) is 11.4 Å². The van der Waals surface area contributed by atoms with E-state index in [9.17, 15) is 10.1 Å². The SMILES string of the molecule is Cc1cc(NC2CCCC(N)C2)ccc1[N+](=O)[O-]. The number of nitrogens with zero attached hydrogens (tertiary/aromatic N) is 1. The van der Waals surface area contributed by atoms with Crippen molar-refractivity contribution in [2.75, 3.05) is 5.32 Å². The average molecular weight is 249 g/mol. The minimum absolute atomic E-state index is 0.167. The maximum Gasteiger partial charge on any atom is 0.272 e. The van der Waals surface area contributed by atoms with Gasteiger partial charge in [-0.1, -0.05) is 0 Å². The van der Waals surface area contributed by atoms with Gasteiger partial charge in [0, 0.05) is 29.4 Å². The molecule has 0 aromatic heterocycles. The molecule has 98 valence electrons. The molecule has 0 radical (unpaired) electrons. The fourth-order valence-corrected chi connectivity index (χ4v) is 2.54. The van der Waals surface area contributed by atoms with Crippen molar-refractivity contribution in [2.24, 2.45) is 5.73 Å². The van der Waals surface area contributed by atoms with Crippen LogP contribution in [0.1, 0.15) is 31.2 Å². The van der Waals surface area contributed by atoms with Gasteiger partial charge in [0.05, 0.1) is 4.92 Å². The Kier molecular flexibility index (Phi) is 3.81. The third-order valence-electron chi connectivity index (χ3n) is 3.48. The predicted octanol–water partition coefficient (Wildman–Crippen LogP) is 2.59. The summed E-state index contributed by atoms with van der Waals surface area (Å²) < 4.78 is 0. The van der Waals surface area contributed by atoms with E-state index in [2.05, 4.69) is 5.32 Å². The van der Waals surface area contributed by atoms with E-state index in [0.717, 1.165) is 31.4 Å². The first-order valence-electron chi connectivity index (χ1n) is 6.33. The number of hydrogen-bond acceptors (Lipinski definition) is 4. The molecule has 1 fully saturated rings. The zero-order valence-electron chi connectivity index (χ0n) is 10.6. The van der Waals surface area contributed by atoms with Crippen molar-refractivity contribution in [1.29, 1.82) is 0 Å². The van der Waals surface area contributed by atoms with Crippen LogP contribution in [0.5, 0.6) is 0 Å². The smallest absolute Gasteiger partial charge is 0.272 e. The van der Waals surface area contributed by atoms with E-state index in [1.807, 2.05) is 6.07 Å². The van der Waals surface area contributed by atoms with E-state index < -0.39 is 0 Å². The minimum Gasteiger partial charge on any atom is -0.382 e. The predicted molar refractivity (Wildman–Crippen MR) is 71.7 cm³/mol. The van der Waals surface area contributed by atoms with Gasteiger partial charge >= 0.3 is 0 Å². The van der Waals surface area contributed by atoms with Gasteiger partial charge in [0.2, 0.25) is 0 Å². The quantitative estimate of drug-likeness (QED) is 0.637. The first kappa shape index (κ1) is 12.8. The van der Waals surface area contributed by atoms with Crippen LogP contribution in [0.2, 0.25) is 0 Å². The first-order valence-corrected chi connectivity index (χ1v) is 6.33. The number of nitrogens with one attached hydrogen (secondary N) is 1. The summed E-state index contributed by atoms with van der Waals surface area (Å²) in [6.45, 7) is 1.76. The molecule has 1 aliphatic carbocycles. The molecule has 0 bridgehead atoms. The summed E-state index contributed by atoms with van der Waals surface area (Å²) >= 11 is 0. The van der Waals surface area contributed by atoms with Crippen molar-refractivity contribution < 1.29 is 4.92 Å². The molecule has 5 nitrogen and oxygen atoms in total. The molecule has 0 heterocycles. The highest BCUT2D eigenvalue weighted by Gasteiger charge is 2.19. The van der Waals surface area contributed by atoms with Crippen LogP contribution < -0.4 is 11.1 Å². The molecule has 1 saturated carbocycles. The molecule has 3 N–H and O–H groups in total. The van der Waals surface area contributed by atoms with Gasteiger partial charge in [-0.2, -0.15) is 0 Å². The van der Waals surface area contributed by atoms with Crippen LogP contribution >= 0.6 is 0 Å². The third kappa shape index (κ3) is 2.98. The van der Waals surface area contributed by atoms with Crippen LogP contribution in [0.25, 0.3) is 0 Å². The summed E-state index contributed by atoms with van der Waals surface area (Å²) in [4.78, 5) is 10.4. The number of nitro benzene ring substituents is 1. The number of rotatable bonds is 3. The fraction of sp³-hybridized carbons (Fsp3) is 0.538. The number of aryl methyl sites for hydroxylation is 1. The summed E-state index contributed by atoms with van der Waals surface area (Å²) in [6.07, 6.45) is 4.32. The number of hydrogen-bond donors (Lipinski definition) is 2. The standard InChI is InChI=1S/C13H19N3O2/c1-9-7-12(5-6-13(9)16(17)18)15-11-4-2-3-10(14)8-11/h5-7,10-11,15H,2-4,8,14H2,1H3. The second kappa shape index (κ2) is 5.35. The van der Waals surface area contributed by atoms with Crippen molar-refractivity contribution in [3.8, 4) is 0 Å². The lowest BCUT2D eigenvalue weighted by molar-refractivity contribution is -0.385. The Hall–Kier alpha value is -1.62. The maximum atomic E-state index is 10.7. The van der Waals surface area contributed by atoms with E-state index in [1.54, 1.807) is 19.1 Å². The van der Waals surface area contributed by atoms with Crippen LogP contribution in [0.3, 0.4) is 0 Å². The highest BCUT2D eigenvalue weighted by molar-refractivity contribution is 5.54. The Morgan fingerprint density at radius 2 is 2.22 bits per heavy atom. The number of nitro groups is 1. The topological polar surface area (TPSA) is 81.2 Å². The fourth-order valence-electron chi connectivity index (χ4n) is 2.54. The normalized spacial score (nSPS) is 23.7. The second-order valence-electron chi connectivity index (χ2n) is 5.03. The van der Waals surface area contributed by atoms with Gasteiger partial charge in [-0.25, -0.2) is 0 Å². The molecule has 0 saturated heterocycles. The number of nitrogens with two attached hydrogens (primary N) is 1. The molecule has 1 aliphatic rings. The highest BCUT2D eigenvalue weighted by Crippen LogP contribution is 2.25. The van der Waals surface area contributed by atoms with Gasteiger partial charge in [0.25, 0.3) is 5.69 Å². The van der Waals surface area contributed by atoms with Gasteiger partial charge in [-0.05, 0) is 44.7 Å². The van der Waals surface area contributed by atoms with Gasteiger partial charge in [-0.15, -0.1) is 0 Å². The van der Waals surface area contributed by atoms with Crippen LogP contribution in [-0.2, 0) is 0 Å². The summed E-state index contributed by atoms with van der Waals surface area (Å²) in [5.74, 6) is 0. The lowest BCUT2D eigenvalue weighted by atomic mass is 9.91. The van der Waals surface area contributed by atoms with E-state index in [1.165, 1.54) is 0 Å². The number of anilines is 1. The number of benzene rings is 1. The Bertz CT molecular complexity index is 448. The molecule has 2 unspecified atom stereocenters. The van der Waals surface area contributed by atoms with Crippen molar-refractivity contribution in [3.05, 3.63) is 33.9 Å². The van der Waals surface area contributed by atoms with Crippen molar-refractivity contribution in [2.45, 2.75) is 44.7 Å². The Labute approximate surface area is 107 Å². The molecule has 5 heteroatoms. The molecule has 1 aromatic rings. The molecular formula is C13H19N3O2. The van der Waals surface area contributed by atoms with E-state index in [4.69, 9.17) is 5.73 Å². The summed E-state index contributed by atoms with van der Waals surface area (Å²) in [5, 5.41) is 14.2. The Morgan fingerprint density at radius 3 is 2.83 bits per heavy atom. The van der Waals surface area contributed by atoms with Gasteiger partial charge in [0.15, 0.2) is 0 Å². The summed E-state index contributed by atoms with van der Waals surface area (Å²) in [5.41, 5.74) is 7.74. The molecule has 0 spiro atoms. The van der Waals surface area contributed by atoms with Gasteiger partial charge < -0.3 is 11.1 Å². The maximum absolute atomic E-state index is 10.7. The average Bonchev–Trinajstić information content (AvgIpc) is 2.28. The third-order valence-corrected chi connectivity index (χ3v) is 3.48. The summed E-state index contributed by atoms with van der Waals surface area (Å²) in [6, 6.07) is 5.81. The second-order valence-corrected chi connectivity index (χ2v) is 5.03. The van der Waals surface area contributed by atoms with E-state index >= 15 is 0 Å². The first-order chi connectivity index (χ1) is 8.56. The largest absolute Gasteiger partial charge is 0.382 e. The molecule has 0 aliphatic heterocycles. The zero-order chi connectivity index (χ0) is 13.1. The van der Waals surface area contributed by atoms with Crippen LogP contribution in [0.15, 0.2) is 18.2 Å². The summed E-state index contributed by atoms with van der Waals surface area (Å²) in [7, 11) is 0. The molecule has 1 aromatic carbocycles. The lowest BCUT2D eigenvalue weighted by Gasteiger charge is -2.28. The molecule has 2 rings (SSSR count). The highest BCUT2D eigenvalue weighted by atomic mass is 16.6. The van der Waals surface area contributed by atoms with Crippen molar-refractivity contribution in [3.63, 3.8) is 0 Å². The monoisotopic (exact) mass is 249 g/mol. The lowest BCUT2D eigenvalue weighted by Crippen LogP contribution is -2.34. The van der Waals surface area contributed by atoms with Gasteiger partial charge in [0.1, 0.15) is 0 Å². The minimum atomic E-state index is -0.352. The molecule has 18 heavy (non-hydrogen) atoms. The van der Waals surface area contributed by atoms with Gasteiger partial charge in [-0.3, -0.25) is 10.1 Å². The molecule has 2 atom stereocenters.